The molecule has 2 rings (SSSR count). The van der Waals surface area contributed by atoms with Gasteiger partial charge in [0, 0.05) is 17.9 Å². The second-order valence-electron chi connectivity index (χ2n) is 4.17. The molecule has 1 heterocycles. The molecule has 2 N–H and O–H groups in total. The minimum atomic E-state index is -0.486. The van der Waals surface area contributed by atoms with Crippen LogP contribution in [0.25, 0.3) is 0 Å². The maximum atomic E-state index is 12.0. The largest absolute Gasteiger partial charge is 0.466 e. The van der Waals surface area contributed by atoms with Crippen LogP contribution in [0.5, 0.6) is 0 Å². The van der Waals surface area contributed by atoms with Crippen LogP contribution in [0.1, 0.15) is 18.9 Å². The highest BCUT2D eigenvalue weighted by atomic mass is 16.5. The van der Waals surface area contributed by atoms with Gasteiger partial charge in [0.25, 0.3) is 0 Å². The molecule has 0 saturated heterocycles. The van der Waals surface area contributed by atoms with E-state index < -0.39 is 5.97 Å². The Bertz CT molecular complexity index is 485. The number of nitrogens with zero attached hydrogens (tertiary/aromatic N) is 1. The molecular weight excluding hydrogens is 232 g/mol. The number of hydrogen-bond donors (Lipinski definition) is 1. The van der Waals surface area contributed by atoms with Gasteiger partial charge < -0.3 is 15.4 Å². The minimum Gasteiger partial charge on any atom is -0.466 e. The summed E-state index contributed by atoms with van der Waals surface area (Å²) in [5, 5.41) is 0. The van der Waals surface area contributed by atoms with Gasteiger partial charge in [0.15, 0.2) is 0 Å². The molecular formula is C13H16N2O3. The number of nitrogens with two attached hydrogens (primary N) is 1. The lowest BCUT2D eigenvalue weighted by molar-refractivity contribution is -0.145. The second-order valence-corrected chi connectivity index (χ2v) is 4.17. The van der Waals surface area contributed by atoms with E-state index in [1.807, 2.05) is 12.1 Å². The van der Waals surface area contributed by atoms with E-state index in [4.69, 9.17) is 10.5 Å². The Hall–Kier alpha value is -2.04. The first-order valence-corrected chi connectivity index (χ1v) is 5.96. The van der Waals surface area contributed by atoms with Gasteiger partial charge in [0.05, 0.1) is 6.61 Å². The smallest absolute Gasteiger partial charge is 0.315 e. The predicted octanol–water partition coefficient (Wildman–Crippen LogP) is 1.11. The third-order valence-electron chi connectivity index (χ3n) is 2.91. The zero-order valence-corrected chi connectivity index (χ0v) is 10.3. The molecule has 1 aliphatic heterocycles. The van der Waals surface area contributed by atoms with Crippen LogP contribution in [0.2, 0.25) is 0 Å². The SMILES string of the molecule is CCOC(=O)CC(=O)N1CCc2ccc(N)cc21. The Balaban J connectivity index is 2.11. The van der Waals surface area contributed by atoms with Crippen molar-refractivity contribution in [1.82, 2.24) is 0 Å². The van der Waals surface area contributed by atoms with Crippen LogP contribution in [0.4, 0.5) is 11.4 Å². The number of amides is 1. The summed E-state index contributed by atoms with van der Waals surface area (Å²) in [6, 6.07) is 5.51. The maximum Gasteiger partial charge on any atom is 0.315 e. The Morgan fingerprint density at radius 1 is 1.44 bits per heavy atom. The molecule has 0 unspecified atom stereocenters. The molecule has 0 aromatic heterocycles. The van der Waals surface area contributed by atoms with Crippen LogP contribution in [0, 0.1) is 0 Å². The van der Waals surface area contributed by atoms with Crippen molar-refractivity contribution in [2.45, 2.75) is 19.8 Å². The van der Waals surface area contributed by atoms with Crippen molar-refractivity contribution in [3.8, 4) is 0 Å². The molecule has 1 aliphatic rings. The third kappa shape index (κ3) is 2.45. The lowest BCUT2D eigenvalue weighted by atomic mass is 10.1. The van der Waals surface area contributed by atoms with Gasteiger partial charge in [0.1, 0.15) is 6.42 Å². The molecule has 5 nitrogen and oxygen atoms in total. The molecule has 0 atom stereocenters. The van der Waals surface area contributed by atoms with E-state index in [-0.39, 0.29) is 18.9 Å². The fraction of sp³-hybridized carbons (Fsp3) is 0.385. The molecule has 0 bridgehead atoms. The molecule has 0 aliphatic carbocycles. The van der Waals surface area contributed by atoms with Crippen molar-refractivity contribution >= 4 is 23.3 Å². The number of benzene rings is 1. The molecule has 96 valence electrons. The minimum absolute atomic E-state index is 0.220. The van der Waals surface area contributed by atoms with Crippen molar-refractivity contribution in [2.75, 3.05) is 23.8 Å². The second kappa shape index (κ2) is 5.08. The molecule has 18 heavy (non-hydrogen) atoms. The quantitative estimate of drug-likeness (QED) is 0.494. The third-order valence-corrected chi connectivity index (χ3v) is 2.91. The number of esters is 1. The summed E-state index contributed by atoms with van der Waals surface area (Å²) in [7, 11) is 0. The van der Waals surface area contributed by atoms with E-state index in [9.17, 15) is 9.59 Å². The van der Waals surface area contributed by atoms with E-state index in [2.05, 4.69) is 0 Å². The fourth-order valence-corrected chi connectivity index (χ4v) is 2.09. The van der Waals surface area contributed by atoms with E-state index >= 15 is 0 Å². The van der Waals surface area contributed by atoms with Gasteiger partial charge in [-0.1, -0.05) is 6.07 Å². The summed E-state index contributed by atoms with van der Waals surface area (Å²) in [6.07, 6.45) is 0.576. The van der Waals surface area contributed by atoms with E-state index in [1.54, 1.807) is 17.9 Å². The highest BCUT2D eigenvalue weighted by Crippen LogP contribution is 2.30. The van der Waals surface area contributed by atoms with Gasteiger partial charge >= 0.3 is 5.97 Å². The Kier molecular flexibility index (Phi) is 3.50. The van der Waals surface area contributed by atoms with E-state index in [1.165, 1.54) is 0 Å². The fourth-order valence-electron chi connectivity index (χ4n) is 2.09. The average Bonchev–Trinajstić information content (AvgIpc) is 2.71. The van der Waals surface area contributed by atoms with Crippen LogP contribution in [0.3, 0.4) is 0 Å². The molecule has 0 radical (unpaired) electrons. The van der Waals surface area contributed by atoms with Gasteiger partial charge in [-0.25, -0.2) is 0 Å². The summed E-state index contributed by atoms with van der Waals surface area (Å²) >= 11 is 0. The molecule has 5 heteroatoms. The van der Waals surface area contributed by atoms with Crippen LogP contribution in [-0.2, 0) is 20.7 Å². The van der Waals surface area contributed by atoms with Gasteiger partial charge in [-0.2, -0.15) is 0 Å². The van der Waals surface area contributed by atoms with Gasteiger partial charge in [0.2, 0.25) is 5.91 Å². The first kappa shape index (κ1) is 12.4. The number of fused-ring (bicyclic) bond motifs is 1. The highest BCUT2D eigenvalue weighted by Gasteiger charge is 2.26. The van der Waals surface area contributed by atoms with E-state index in [0.717, 1.165) is 17.7 Å². The Morgan fingerprint density at radius 3 is 2.94 bits per heavy atom. The average molecular weight is 248 g/mol. The van der Waals surface area contributed by atoms with Crippen molar-refractivity contribution < 1.29 is 14.3 Å². The molecule has 1 amide bonds. The first-order chi connectivity index (χ1) is 8.61. The molecule has 0 spiro atoms. The topological polar surface area (TPSA) is 72.6 Å². The summed E-state index contributed by atoms with van der Waals surface area (Å²) in [5.41, 5.74) is 8.22. The predicted molar refractivity (Wildman–Crippen MR) is 68.2 cm³/mol. The van der Waals surface area contributed by atoms with Gasteiger partial charge in [-0.05, 0) is 31.0 Å². The number of ether oxygens (including phenoxy) is 1. The Labute approximate surface area is 106 Å². The zero-order chi connectivity index (χ0) is 13.1. The number of carbonyl (C=O) groups excluding carboxylic acids is 2. The van der Waals surface area contributed by atoms with Crippen molar-refractivity contribution in [1.29, 1.82) is 0 Å². The standard InChI is InChI=1S/C13H16N2O3/c1-2-18-13(17)8-12(16)15-6-5-9-3-4-10(14)7-11(9)15/h3-4,7H,2,5-6,8,14H2,1H3. The monoisotopic (exact) mass is 248 g/mol. The maximum absolute atomic E-state index is 12.0. The number of hydrogen-bond acceptors (Lipinski definition) is 4. The lowest BCUT2D eigenvalue weighted by Gasteiger charge is -2.17. The summed E-state index contributed by atoms with van der Waals surface area (Å²) in [5.74, 6) is -0.724. The summed E-state index contributed by atoms with van der Waals surface area (Å²) in [4.78, 5) is 24.9. The molecule has 0 saturated carbocycles. The van der Waals surface area contributed by atoms with Gasteiger partial charge in [-0.15, -0.1) is 0 Å². The zero-order valence-electron chi connectivity index (χ0n) is 10.3. The molecule has 0 fully saturated rings. The van der Waals surface area contributed by atoms with Gasteiger partial charge in [-0.3, -0.25) is 9.59 Å². The first-order valence-electron chi connectivity index (χ1n) is 5.96. The van der Waals surface area contributed by atoms with Crippen molar-refractivity contribution in [3.63, 3.8) is 0 Å². The van der Waals surface area contributed by atoms with Crippen molar-refractivity contribution in [3.05, 3.63) is 23.8 Å². The molecule has 1 aromatic rings. The lowest BCUT2D eigenvalue weighted by Crippen LogP contribution is -2.31. The van der Waals surface area contributed by atoms with Crippen LogP contribution in [0.15, 0.2) is 18.2 Å². The summed E-state index contributed by atoms with van der Waals surface area (Å²) < 4.78 is 4.77. The van der Waals surface area contributed by atoms with Crippen LogP contribution < -0.4 is 10.6 Å². The van der Waals surface area contributed by atoms with Crippen molar-refractivity contribution in [2.24, 2.45) is 0 Å². The number of nitrogen functional groups attached to an aromatic ring is 1. The number of anilines is 2. The van der Waals surface area contributed by atoms with E-state index in [0.29, 0.717) is 12.2 Å². The van der Waals surface area contributed by atoms with Crippen LogP contribution >= 0.6 is 0 Å². The van der Waals surface area contributed by atoms with Crippen LogP contribution in [-0.4, -0.2) is 25.0 Å². The normalized spacial score (nSPS) is 13.3. The highest BCUT2D eigenvalue weighted by molar-refractivity contribution is 6.04. The Morgan fingerprint density at radius 2 is 2.22 bits per heavy atom. The number of carbonyl (C=O) groups is 2. The summed E-state index contributed by atoms with van der Waals surface area (Å²) in [6.45, 7) is 2.60. The number of rotatable bonds is 3. The molecule has 1 aromatic carbocycles.